The Morgan fingerprint density at radius 3 is 2.70 bits per heavy atom. The third-order valence-electron chi connectivity index (χ3n) is 5.68. The number of aromatic amines is 1. The van der Waals surface area contributed by atoms with Crippen LogP contribution in [0.1, 0.15) is 49.9 Å². The zero-order chi connectivity index (χ0) is 21.1. The maximum Gasteiger partial charge on any atom is 0.244 e. The first kappa shape index (κ1) is 20.3. The van der Waals surface area contributed by atoms with Crippen LogP contribution in [0.4, 0.5) is 4.39 Å². The molecule has 1 fully saturated rings. The molecule has 1 aromatic carbocycles. The molecule has 30 heavy (non-hydrogen) atoms. The van der Waals surface area contributed by atoms with Gasteiger partial charge in [-0.05, 0) is 56.4 Å². The molecule has 0 radical (unpaired) electrons. The molecule has 3 aromatic rings. The lowest BCUT2D eigenvalue weighted by Gasteiger charge is -2.27. The van der Waals surface area contributed by atoms with Gasteiger partial charge in [-0.2, -0.15) is 5.10 Å². The first-order valence-corrected chi connectivity index (χ1v) is 10.3. The number of aliphatic hydroxyl groups excluding tert-OH is 1. The summed E-state index contributed by atoms with van der Waals surface area (Å²) in [5.41, 5.74) is 3.25. The number of aliphatic hydroxyl groups is 1. The van der Waals surface area contributed by atoms with E-state index in [1.165, 1.54) is 12.1 Å². The topological polar surface area (TPSA) is 95.8 Å². The number of amides is 1. The minimum Gasteiger partial charge on any atom is -0.393 e. The number of imidazole rings is 1. The molecule has 4 rings (SSSR count). The zero-order valence-electron chi connectivity index (χ0n) is 16.9. The van der Waals surface area contributed by atoms with Crippen molar-refractivity contribution in [1.82, 2.24) is 25.1 Å². The number of nitrogens with one attached hydrogen (secondary N) is 2. The van der Waals surface area contributed by atoms with E-state index in [9.17, 15) is 14.3 Å². The number of carbonyl (C=O) groups is 1. The highest BCUT2D eigenvalue weighted by Crippen LogP contribution is 2.23. The van der Waals surface area contributed by atoms with E-state index in [-0.39, 0.29) is 23.9 Å². The predicted octanol–water partition coefficient (Wildman–Crippen LogP) is 2.98. The summed E-state index contributed by atoms with van der Waals surface area (Å²) < 4.78 is 15.0. The summed E-state index contributed by atoms with van der Waals surface area (Å²) in [4.78, 5) is 20.0. The molecule has 1 atom stereocenters. The Labute approximate surface area is 174 Å². The van der Waals surface area contributed by atoms with Crippen LogP contribution in [0.5, 0.6) is 0 Å². The predicted molar refractivity (Wildman–Crippen MR) is 110 cm³/mol. The van der Waals surface area contributed by atoms with Gasteiger partial charge in [-0.25, -0.2) is 9.37 Å². The van der Waals surface area contributed by atoms with Crippen molar-refractivity contribution < 1.29 is 14.3 Å². The van der Waals surface area contributed by atoms with Crippen molar-refractivity contribution in [3.8, 4) is 11.4 Å². The van der Waals surface area contributed by atoms with Crippen molar-refractivity contribution in [1.29, 1.82) is 0 Å². The lowest BCUT2D eigenvalue weighted by atomic mass is 9.93. The fraction of sp³-hybridized carbons (Fsp3) is 0.409. The SMILES string of the molecule is CC(C(=O)NC1CCC(O)CC1)n1nc(-c2cnc[nH]2)cc1Cc1ccc(F)cc1. The van der Waals surface area contributed by atoms with Gasteiger partial charge < -0.3 is 15.4 Å². The molecule has 1 unspecified atom stereocenters. The third kappa shape index (κ3) is 4.59. The smallest absolute Gasteiger partial charge is 0.244 e. The van der Waals surface area contributed by atoms with Gasteiger partial charge in [-0.15, -0.1) is 0 Å². The number of benzene rings is 1. The molecule has 3 N–H and O–H groups in total. The molecular formula is C22H26FN5O2. The van der Waals surface area contributed by atoms with E-state index in [4.69, 9.17) is 0 Å². The summed E-state index contributed by atoms with van der Waals surface area (Å²) in [6, 6.07) is 7.83. The normalized spacial score (nSPS) is 20.1. The van der Waals surface area contributed by atoms with E-state index >= 15 is 0 Å². The number of aromatic nitrogens is 4. The quantitative estimate of drug-likeness (QED) is 0.581. The summed E-state index contributed by atoms with van der Waals surface area (Å²) in [5, 5.41) is 17.4. The maximum atomic E-state index is 13.3. The molecular weight excluding hydrogens is 385 g/mol. The Balaban J connectivity index is 1.56. The number of hydrogen-bond acceptors (Lipinski definition) is 4. The van der Waals surface area contributed by atoms with Gasteiger partial charge in [-0.1, -0.05) is 12.1 Å². The van der Waals surface area contributed by atoms with Crippen molar-refractivity contribution in [3.05, 3.63) is 59.9 Å². The van der Waals surface area contributed by atoms with Crippen LogP contribution in [0.2, 0.25) is 0 Å². The first-order chi connectivity index (χ1) is 14.5. The number of rotatable bonds is 6. The molecule has 0 spiro atoms. The number of hydrogen-bond donors (Lipinski definition) is 3. The molecule has 158 valence electrons. The van der Waals surface area contributed by atoms with E-state index in [1.807, 2.05) is 13.0 Å². The largest absolute Gasteiger partial charge is 0.393 e. The Morgan fingerprint density at radius 2 is 2.03 bits per heavy atom. The Hall–Kier alpha value is -3.00. The van der Waals surface area contributed by atoms with E-state index in [0.717, 1.165) is 29.8 Å². The summed E-state index contributed by atoms with van der Waals surface area (Å²) in [6.07, 6.45) is 6.51. The van der Waals surface area contributed by atoms with Gasteiger partial charge in [0.15, 0.2) is 0 Å². The van der Waals surface area contributed by atoms with Crippen LogP contribution in [0.3, 0.4) is 0 Å². The molecule has 2 aromatic heterocycles. The van der Waals surface area contributed by atoms with Crippen LogP contribution in [-0.2, 0) is 11.2 Å². The highest BCUT2D eigenvalue weighted by molar-refractivity contribution is 5.80. The van der Waals surface area contributed by atoms with Crippen LogP contribution in [0.15, 0.2) is 42.9 Å². The Morgan fingerprint density at radius 1 is 1.30 bits per heavy atom. The highest BCUT2D eigenvalue weighted by atomic mass is 19.1. The molecule has 1 saturated carbocycles. The highest BCUT2D eigenvalue weighted by Gasteiger charge is 2.26. The van der Waals surface area contributed by atoms with E-state index in [0.29, 0.717) is 25.0 Å². The van der Waals surface area contributed by atoms with Crippen LogP contribution in [0.25, 0.3) is 11.4 Å². The molecule has 0 bridgehead atoms. The van der Waals surface area contributed by atoms with Crippen molar-refractivity contribution in [2.45, 2.75) is 57.2 Å². The second-order valence-electron chi connectivity index (χ2n) is 7.92. The maximum absolute atomic E-state index is 13.3. The van der Waals surface area contributed by atoms with E-state index < -0.39 is 6.04 Å². The molecule has 1 aliphatic rings. The van der Waals surface area contributed by atoms with Gasteiger partial charge in [0.1, 0.15) is 17.6 Å². The van der Waals surface area contributed by atoms with Gasteiger partial charge in [0.25, 0.3) is 0 Å². The van der Waals surface area contributed by atoms with Gasteiger partial charge in [0.05, 0.1) is 24.3 Å². The van der Waals surface area contributed by atoms with Crippen LogP contribution in [0, 0.1) is 5.82 Å². The minimum absolute atomic E-state index is 0.0755. The van der Waals surface area contributed by atoms with Gasteiger partial charge in [0.2, 0.25) is 5.91 Å². The molecule has 0 saturated heterocycles. The van der Waals surface area contributed by atoms with Crippen LogP contribution >= 0.6 is 0 Å². The monoisotopic (exact) mass is 411 g/mol. The summed E-state index contributed by atoms with van der Waals surface area (Å²) in [7, 11) is 0. The van der Waals surface area contributed by atoms with Crippen molar-refractivity contribution >= 4 is 5.91 Å². The fourth-order valence-corrected chi connectivity index (χ4v) is 3.89. The number of nitrogens with zero attached hydrogens (tertiary/aromatic N) is 3. The van der Waals surface area contributed by atoms with Crippen molar-refractivity contribution in [2.75, 3.05) is 0 Å². The summed E-state index contributed by atoms with van der Waals surface area (Å²) in [6.45, 7) is 1.82. The average Bonchev–Trinajstić information content (AvgIpc) is 3.41. The third-order valence-corrected chi connectivity index (χ3v) is 5.68. The van der Waals surface area contributed by atoms with E-state index in [2.05, 4.69) is 20.4 Å². The second-order valence-corrected chi connectivity index (χ2v) is 7.92. The summed E-state index contributed by atoms with van der Waals surface area (Å²) >= 11 is 0. The lowest BCUT2D eigenvalue weighted by molar-refractivity contribution is -0.125. The number of carbonyl (C=O) groups excluding carboxylic acids is 1. The van der Waals surface area contributed by atoms with E-state index in [1.54, 1.807) is 29.3 Å². The van der Waals surface area contributed by atoms with Crippen molar-refractivity contribution in [2.24, 2.45) is 0 Å². The standard InChI is InChI=1S/C22H26FN5O2/c1-14(22(30)26-17-6-8-19(29)9-7-17)28-18(10-15-2-4-16(23)5-3-15)11-20(27-28)21-12-24-13-25-21/h2-5,11-14,17,19,29H,6-10H2,1H3,(H,24,25)(H,26,30). The van der Waals surface area contributed by atoms with Crippen LogP contribution in [-0.4, -0.2) is 42.9 Å². The second kappa shape index (κ2) is 8.79. The molecule has 1 amide bonds. The Kier molecular flexibility index (Phi) is 5.94. The minimum atomic E-state index is -0.510. The molecule has 8 heteroatoms. The average molecular weight is 411 g/mol. The molecule has 7 nitrogen and oxygen atoms in total. The van der Waals surface area contributed by atoms with Gasteiger partial charge in [0, 0.05) is 18.2 Å². The number of halogens is 1. The summed E-state index contributed by atoms with van der Waals surface area (Å²) in [5.74, 6) is -0.383. The first-order valence-electron chi connectivity index (χ1n) is 10.3. The zero-order valence-corrected chi connectivity index (χ0v) is 16.9. The lowest BCUT2D eigenvalue weighted by Crippen LogP contribution is -2.42. The molecule has 1 aliphatic carbocycles. The van der Waals surface area contributed by atoms with Gasteiger partial charge >= 0.3 is 0 Å². The number of H-pyrrole nitrogens is 1. The fourth-order valence-electron chi connectivity index (χ4n) is 3.89. The van der Waals surface area contributed by atoms with Crippen molar-refractivity contribution in [3.63, 3.8) is 0 Å². The Bertz CT molecular complexity index is 976. The molecule has 2 heterocycles. The van der Waals surface area contributed by atoms with Gasteiger partial charge in [-0.3, -0.25) is 9.48 Å². The molecule has 0 aliphatic heterocycles. The van der Waals surface area contributed by atoms with Crippen LogP contribution < -0.4 is 5.32 Å².